The third kappa shape index (κ3) is 6.59. The molecule has 0 bridgehead atoms. The van der Waals surface area contributed by atoms with Crippen LogP contribution in [-0.4, -0.2) is 43.4 Å². The fourth-order valence-corrected chi connectivity index (χ4v) is 5.17. The van der Waals surface area contributed by atoms with Gasteiger partial charge in [-0.1, -0.05) is 6.07 Å². The molecule has 0 spiro atoms. The Kier molecular flexibility index (Phi) is 8.34. The minimum atomic E-state index is -4.28. The molecule has 2 heterocycles. The summed E-state index contributed by atoms with van der Waals surface area (Å²) in [5.74, 6) is 1.10. The highest BCUT2D eigenvalue weighted by Gasteiger charge is 2.31. The quantitative estimate of drug-likeness (QED) is 0.417. The first-order valence-electron chi connectivity index (χ1n) is 8.75. The van der Waals surface area contributed by atoms with E-state index in [0.717, 1.165) is 51.0 Å². The molecule has 1 aliphatic heterocycles. The Morgan fingerprint density at radius 2 is 1.81 bits per heavy atom. The first-order chi connectivity index (χ1) is 12.4. The van der Waals surface area contributed by atoms with Gasteiger partial charge in [0, 0.05) is 42.5 Å². The summed E-state index contributed by atoms with van der Waals surface area (Å²) in [6, 6.07) is 9.99. The van der Waals surface area contributed by atoms with Gasteiger partial charge in [0.1, 0.15) is 0 Å². The predicted molar refractivity (Wildman–Crippen MR) is 112 cm³/mol. The number of alkyl halides is 3. The molecule has 1 aromatic heterocycles. The van der Waals surface area contributed by atoms with Gasteiger partial charge in [0.15, 0.2) is 0 Å². The molecule has 0 aliphatic carbocycles. The molecular weight excluding hydrogens is 413 g/mol. The van der Waals surface area contributed by atoms with E-state index in [0.29, 0.717) is 5.69 Å². The van der Waals surface area contributed by atoms with Gasteiger partial charge in [0.05, 0.1) is 9.77 Å². The molecule has 1 aromatic carbocycles. The van der Waals surface area contributed by atoms with E-state index in [4.69, 9.17) is 0 Å². The average molecular weight is 437 g/mol. The normalized spacial score (nSPS) is 15.6. The second-order valence-electron chi connectivity index (χ2n) is 6.44. The van der Waals surface area contributed by atoms with Gasteiger partial charge < -0.3 is 4.90 Å². The monoisotopic (exact) mass is 436 g/mol. The molecule has 0 unspecified atom stereocenters. The Morgan fingerprint density at radius 3 is 2.44 bits per heavy atom. The zero-order valence-corrected chi connectivity index (χ0v) is 17.6. The summed E-state index contributed by atoms with van der Waals surface area (Å²) in [7, 11) is 0. The van der Waals surface area contributed by atoms with Gasteiger partial charge in [0.2, 0.25) is 0 Å². The maximum Gasteiger partial charge on any atom is 0.416 e. The fourth-order valence-electron chi connectivity index (χ4n) is 3.06. The molecule has 2 nitrogen and oxygen atoms in total. The molecule has 150 valence electrons. The van der Waals surface area contributed by atoms with Gasteiger partial charge in [-0.25, -0.2) is 0 Å². The number of benzene rings is 1. The number of piperazine rings is 1. The maximum absolute atomic E-state index is 12.9. The summed E-state index contributed by atoms with van der Waals surface area (Å²) in [6.07, 6.45) is -3.15. The fraction of sp³-hybridized carbons (Fsp3) is 0.474. The van der Waals surface area contributed by atoms with Crippen molar-refractivity contribution in [3.8, 4) is 0 Å². The number of nitrogens with zero attached hydrogens (tertiary/aromatic N) is 2. The lowest BCUT2D eigenvalue weighted by atomic mass is 10.1. The van der Waals surface area contributed by atoms with E-state index in [1.54, 1.807) is 6.07 Å². The van der Waals surface area contributed by atoms with Crippen LogP contribution in [0, 0.1) is 6.92 Å². The number of thiophene rings is 1. The molecule has 1 fully saturated rings. The topological polar surface area (TPSA) is 6.48 Å². The molecule has 0 amide bonds. The van der Waals surface area contributed by atoms with Gasteiger partial charge >= 0.3 is 6.18 Å². The van der Waals surface area contributed by atoms with Crippen molar-refractivity contribution in [1.29, 1.82) is 0 Å². The average Bonchev–Trinajstić information content (AvgIpc) is 3.04. The third-order valence-corrected chi connectivity index (χ3v) is 6.80. The molecule has 0 saturated carbocycles. The zero-order valence-electron chi connectivity index (χ0n) is 15.2. The van der Waals surface area contributed by atoms with Crippen LogP contribution in [-0.2, 0) is 6.18 Å². The summed E-state index contributed by atoms with van der Waals surface area (Å²) in [4.78, 5) is 5.80. The number of rotatable bonds is 6. The van der Waals surface area contributed by atoms with E-state index in [9.17, 15) is 13.2 Å². The van der Waals surface area contributed by atoms with Gasteiger partial charge in [0.25, 0.3) is 0 Å². The van der Waals surface area contributed by atoms with Crippen molar-refractivity contribution in [3.63, 3.8) is 0 Å². The van der Waals surface area contributed by atoms with Crippen molar-refractivity contribution in [1.82, 2.24) is 4.90 Å². The van der Waals surface area contributed by atoms with Crippen molar-refractivity contribution in [2.24, 2.45) is 0 Å². The van der Waals surface area contributed by atoms with Crippen LogP contribution in [0.4, 0.5) is 18.9 Å². The summed E-state index contributed by atoms with van der Waals surface area (Å²) in [5, 5.41) is 0. The lowest BCUT2D eigenvalue weighted by molar-refractivity contribution is -0.137. The van der Waals surface area contributed by atoms with Crippen LogP contribution in [0.3, 0.4) is 0 Å². The van der Waals surface area contributed by atoms with Crippen LogP contribution in [0.1, 0.15) is 16.9 Å². The molecule has 0 N–H and O–H groups in total. The summed E-state index contributed by atoms with van der Waals surface area (Å²) >= 11 is 3.74. The van der Waals surface area contributed by atoms with Crippen molar-refractivity contribution in [3.05, 3.63) is 46.8 Å². The Labute approximate surface area is 173 Å². The predicted octanol–water partition coefficient (Wildman–Crippen LogP) is 5.80. The van der Waals surface area contributed by atoms with Gasteiger partial charge in [-0.3, -0.25) is 4.90 Å². The van der Waals surface area contributed by atoms with E-state index in [-0.39, 0.29) is 12.4 Å². The molecule has 3 rings (SSSR count). The van der Waals surface area contributed by atoms with Crippen LogP contribution >= 0.6 is 35.5 Å². The van der Waals surface area contributed by atoms with Crippen LogP contribution < -0.4 is 4.90 Å². The highest BCUT2D eigenvalue weighted by molar-refractivity contribution is 8.01. The lowest BCUT2D eigenvalue weighted by Gasteiger charge is -2.36. The van der Waals surface area contributed by atoms with Crippen LogP contribution in [0.25, 0.3) is 0 Å². The summed E-state index contributed by atoms with van der Waals surface area (Å²) in [5.41, 5.74) is 0.0985. The minimum absolute atomic E-state index is 0. The molecule has 1 aliphatic rings. The number of anilines is 1. The number of thioether (sulfide) groups is 1. The molecule has 1 saturated heterocycles. The highest BCUT2D eigenvalue weighted by Crippen LogP contribution is 2.32. The van der Waals surface area contributed by atoms with Crippen molar-refractivity contribution in [2.75, 3.05) is 43.4 Å². The van der Waals surface area contributed by atoms with Crippen molar-refractivity contribution in [2.45, 2.75) is 23.7 Å². The zero-order chi connectivity index (χ0) is 18.6. The van der Waals surface area contributed by atoms with E-state index in [1.807, 2.05) is 23.1 Å². The minimum Gasteiger partial charge on any atom is -0.369 e. The van der Waals surface area contributed by atoms with Gasteiger partial charge in [-0.2, -0.15) is 13.2 Å². The first kappa shape index (κ1) is 22.4. The van der Waals surface area contributed by atoms with Crippen molar-refractivity contribution < 1.29 is 13.2 Å². The molecule has 0 atom stereocenters. The Balaban J connectivity index is 0.00000261. The Bertz CT molecular complexity index is 713. The van der Waals surface area contributed by atoms with Gasteiger partial charge in [-0.15, -0.1) is 35.5 Å². The third-order valence-electron chi connectivity index (χ3n) is 4.49. The van der Waals surface area contributed by atoms with E-state index in [2.05, 4.69) is 28.9 Å². The molecule has 2 aromatic rings. The van der Waals surface area contributed by atoms with Gasteiger partial charge in [-0.05, 0) is 50.2 Å². The van der Waals surface area contributed by atoms with Crippen LogP contribution in [0.5, 0.6) is 0 Å². The number of hydrogen-bond donors (Lipinski definition) is 0. The van der Waals surface area contributed by atoms with Crippen LogP contribution in [0.15, 0.2) is 40.6 Å². The van der Waals surface area contributed by atoms with E-state index < -0.39 is 11.7 Å². The molecule has 27 heavy (non-hydrogen) atoms. The Hall–Kier alpha value is -0.890. The second kappa shape index (κ2) is 10.0. The molecular formula is C19H24ClF3N2S2. The largest absolute Gasteiger partial charge is 0.416 e. The van der Waals surface area contributed by atoms with E-state index >= 15 is 0 Å². The number of hydrogen-bond acceptors (Lipinski definition) is 4. The smallest absolute Gasteiger partial charge is 0.369 e. The Morgan fingerprint density at radius 1 is 1.07 bits per heavy atom. The van der Waals surface area contributed by atoms with Crippen LogP contribution in [0.2, 0.25) is 0 Å². The lowest BCUT2D eigenvalue weighted by Crippen LogP contribution is -2.46. The summed E-state index contributed by atoms with van der Waals surface area (Å²) < 4.78 is 40.0. The summed E-state index contributed by atoms with van der Waals surface area (Å²) in [6.45, 7) is 6.53. The highest BCUT2D eigenvalue weighted by atomic mass is 35.5. The maximum atomic E-state index is 12.9. The SMILES string of the molecule is Cc1ccc(SCCCN2CCN(c3cccc(C(F)(F)F)c3)CC2)s1.Cl. The van der Waals surface area contributed by atoms with Crippen molar-refractivity contribution >= 4 is 41.2 Å². The standard InChI is InChI=1S/C19H23F3N2S2.ClH/c1-15-6-7-18(26-15)25-13-3-8-23-9-11-24(12-10-23)17-5-2-4-16(14-17)19(20,21)22;/h2,4-7,14H,3,8-13H2,1H3;1H. The number of aryl methyl sites for hydroxylation is 1. The molecule has 0 radical (unpaired) electrons. The number of halogens is 4. The van der Waals surface area contributed by atoms with E-state index in [1.165, 1.54) is 21.2 Å². The first-order valence-corrected chi connectivity index (χ1v) is 10.6. The second-order valence-corrected chi connectivity index (χ2v) is 9.13. The molecule has 8 heteroatoms.